The average Bonchev–Trinajstić information content (AvgIpc) is 3.36. The van der Waals surface area contributed by atoms with Gasteiger partial charge in [0.1, 0.15) is 5.82 Å². The molecule has 0 fully saturated rings. The Labute approximate surface area is 276 Å². The van der Waals surface area contributed by atoms with Crippen LogP contribution in [0.1, 0.15) is 85.1 Å². The number of hydrogen-bond donors (Lipinski definition) is 3. The van der Waals surface area contributed by atoms with Crippen LogP contribution in [-0.4, -0.2) is 49.5 Å². The van der Waals surface area contributed by atoms with E-state index in [1.165, 1.54) is 11.8 Å². The highest BCUT2D eigenvalue weighted by Gasteiger charge is 2.23. The Kier molecular flexibility index (Phi) is 11.8. The van der Waals surface area contributed by atoms with Gasteiger partial charge in [-0.25, -0.2) is 9.78 Å². The summed E-state index contributed by atoms with van der Waals surface area (Å²) in [4.78, 5) is 43.0. The molecule has 0 radical (unpaired) electrons. The Bertz CT molecular complexity index is 1690. The zero-order chi connectivity index (χ0) is 33.5. The lowest BCUT2D eigenvalue weighted by Crippen LogP contribution is -2.39. The van der Waals surface area contributed by atoms with Gasteiger partial charge in [0.2, 0.25) is 5.12 Å². The summed E-state index contributed by atoms with van der Waals surface area (Å²) in [5.74, 6) is 0.682. The number of nitrogens with two attached hydrogens (primary N) is 1. The molecule has 2 unspecified atom stereocenters. The fourth-order valence-corrected chi connectivity index (χ4v) is 6.66. The van der Waals surface area contributed by atoms with Crippen molar-refractivity contribution in [1.82, 2.24) is 14.9 Å². The number of aromatic carboxylic acids is 1. The summed E-state index contributed by atoms with van der Waals surface area (Å²) >= 11 is 1.20. The van der Waals surface area contributed by atoms with Gasteiger partial charge < -0.3 is 20.7 Å². The lowest BCUT2D eigenvalue weighted by atomic mass is 9.98. The number of carboxylic acid groups (broad SMARTS) is 1. The first-order valence-corrected chi connectivity index (χ1v) is 17.0. The van der Waals surface area contributed by atoms with Gasteiger partial charge in [-0.15, -0.1) is 0 Å². The van der Waals surface area contributed by atoms with Crippen molar-refractivity contribution < 1.29 is 19.5 Å². The molecular weight excluding hydrogens is 596 g/mol. The predicted molar refractivity (Wildman–Crippen MR) is 187 cm³/mol. The number of hydrogen-bond acceptors (Lipinski definition) is 6. The summed E-state index contributed by atoms with van der Waals surface area (Å²) in [6.45, 7) is 12.7. The van der Waals surface area contributed by atoms with Gasteiger partial charge in [-0.3, -0.25) is 9.59 Å². The van der Waals surface area contributed by atoms with Crippen molar-refractivity contribution in [2.24, 2.45) is 17.6 Å². The smallest absolute Gasteiger partial charge is 0.336 e. The normalized spacial score (nSPS) is 12.9. The van der Waals surface area contributed by atoms with Crippen LogP contribution in [0.3, 0.4) is 0 Å². The maximum atomic E-state index is 13.7. The first-order valence-electron chi connectivity index (χ1n) is 16.0. The van der Waals surface area contributed by atoms with E-state index in [0.717, 1.165) is 52.8 Å². The van der Waals surface area contributed by atoms with Crippen molar-refractivity contribution in [2.45, 2.75) is 79.4 Å². The van der Waals surface area contributed by atoms with Gasteiger partial charge in [0.25, 0.3) is 5.91 Å². The minimum atomic E-state index is -0.956. The molecule has 0 spiro atoms. The minimum Gasteiger partial charge on any atom is -0.478 e. The van der Waals surface area contributed by atoms with Crippen molar-refractivity contribution in [3.05, 3.63) is 88.7 Å². The molecule has 1 amide bonds. The number of thioether (sulfide) groups is 1. The number of amides is 1. The van der Waals surface area contributed by atoms with Crippen LogP contribution in [0.2, 0.25) is 0 Å². The van der Waals surface area contributed by atoms with Crippen LogP contribution >= 0.6 is 11.8 Å². The third-order valence-electron chi connectivity index (χ3n) is 8.13. The maximum absolute atomic E-state index is 13.7. The quantitative estimate of drug-likeness (QED) is 0.134. The number of fused-ring (bicyclic) bond motifs is 1. The van der Waals surface area contributed by atoms with Crippen LogP contribution in [0, 0.1) is 18.8 Å². The summed E-state index contributed by atoms with van der Waals surface area (Å²) in [6, 6.07) is 18.0. The second-order valence-electron chi connectivity index (χ2n) is 12.8. The minimum absolute atomic E-state index is 0.0539. The Balaban J connectivity index is 1.62. The molecule has 0 bridgehead atoms. The number of aromatic nitrogens is 2. The lowest BCUT2D eigenvalue weighted by Gasteiger charge is -2.21. The zero-order valence-electron chi connectivity index (χ0n) is 27.7. The van der Waals surface area contributed by atoms with E-state index in [2.05, 4.69) is 30.7 Å². The molecular formula is C37H46N4O4S. The molecule has 4 aromatic rings. The van der Waals surface area contributed by atoms with Gasteiger partial charge in [0.05, 0.1) is 22.6 Å². The Morgan fingerprint density at radius 1 is 1.02 bits per heavy atom. The number of carbonyl (C=O) groups excluding carboxylic acids is 2. The second kappa shape index (κ2) is 15.6. The van der Waals surface area contributed by atoms with Crippen LogP contribution in [0.15, 0.2) is 60.7 Å². The van der Waals surface area contributed by atoms with Gasteiger partial charge in [-0.1, -0.05) is 88.8 Å². The van der Waals surface area contributed by atoms with E-state index in [4.69, 9.17) is 10.7 Å². The molecule has 9 heteroatoms. The Hall–Kier alpha value is -3.95. The largest absolute Gasteiger partial charge is 0.478 e. The monoisotopic (exact) mass is 642 g/mol. The lowest BCUT2D eigenvalue weighted by molar-refractivity contribution is -0.112. The van der Waals surface area contributed by atoms with Crippen LogP contribution in [-0.2, 0) is 17.8 Å². The molecule has 244 valence electrons. The van der Waals surface area contributed by atoms with Crippen molar-refractivity contribution >= 4 is 39.8 Å². The molecule has 4 N–H and O–H groups in total. The molecule has 1 aromatic heterocycles. The van der Waals surface area contributed by atoms with Crippen molar-refractivity contribution in [3.63, 3.8) is 0 Å². The molecule has 4 rings (SSSR count). The number of aryl methyl sites for hydroxylation is 2. The Morgan fingerprint density at radius 3 is 2.35 bits per heavy atom. The molecule has 46 heavy (non-hydrogen) atoms. The van der Waals surface area contributed by atoms with Gasteiger partial charge >= 0.3 is 5.97 Å². The van der Waals surface area contributed by atoms with E-state index in [1.807, 2.05) is 69.3 Å². The number of nitrogens with zero attached hydrogens (tertiary/aromatic N) is 2. The van der Waals surface area contributed by atoms with Crippen molar-refractivity contribution in [1.29, 1.82) is 0 Å². The number of benzene rings is 3. The molecule has 0 aliphatic heterocycles. The van der Waals surface area contributed by atoms with Crippen molar-refractivity contribution in [2.75, 3.05) is 5.75 Å². The number of nitrogens with one attached hydrogen (secondary N) is 1. The van der Waals surface area contributed by atoms with E-state index in [0.29, 0.717) is 29.3 Å². The highest BCUT2D eigenvalue weighted by Crippen LogP contribution is 2.27. The summed E-state index contributed by atoms with van der Waals surface area (Å²) in [6.07, 6.45) is 2.46. The first kappa shape index (κ1) is 34.9. The summed E-state index contributed by atoms with van der Waals surface area (Å²) in [5.41, 5.74) is 12.1. The molecule has 0 saturated heterocycles. The van der Waals surface area contributed by atoms with Crippen LogP contribution < -0.4 is 11.1 Å². The van der Waals surface area contributed by atoms with Crippen LogP contribution in [0.5, 0.6) is 0 Å². The molecule has 2 atom stereocenters. The number of imidazole rings is 1. The van der Waals surface area contributed by atoms with Gasteiger partial charge in [-0.05, 0) is 72.1 Å². The number of rotatable bonds is 14. The van der Waals surface area contributed by atoms with Crippen LogP contribution in [0.4, 0.5) is 0 Å². The molecule has 8 nitrogen and oxygen atoms in total. The highest BCUT2D eigenvalue weighted by atomic mass is 32.2. The van der Waals surface area contributed by atoms with E-state index < -0.39 is 12.0 Å². The predicted octanol–water partition coefficient (Wildman–Crippen LogP) is 7.10. The zero-order valence-corrected chi connectivity index (χ0v) is 28.5. The van der Waals surface area contributed by atoms with E-state index >= 15 is 0 Å². The van der Waals surface area contributed by atoms with Gasteiger partial charge in [0, 0.05) is 30.3 Å². The topological polar surface area (TPSA) is 127 Å². The van der Waals surface area contributed by atoms with E-state index in [-0.39, 0.29) is 28.5 Å². The summed E-state index contributed by atoms with van der Waals surface area (Å²) in [7, 11) is 0. The maximum Gasteiger partial charge on any atom is 0.336 e. The molecule has 3 aromatic carbocycles. The van der Waals surface area contributed by atoms with Gasteiger partial charge in [0.15, 0.2) is 0 Å². The summed E-state index contributed by atoms with van der Waals surface area (Å²) in [5, 5.41) is 12.8. The molecule has 0 aliphatic rings. The SMILES string of the molecule is CCCc1nc2c(C)cc(C(=O)NC(CSC(=O)C(N)C(C)C)CC(C)C)cc2n1Cc1ccc(-c2ccccc2C(=O)O)cc1. The highest BCUT2D eigenvalue weighted by molar-refractivity contribution is 8.13. The number of carbonyl (C=O) groups is 3. The second-order valence-corrected chi connectivity index (χ2v) is 13.8. The summed E-state index contributed by atoms with van der Waals surface area (Å²) < 4.78 is 2.18. The average molecular weight is 643 g/mol. The number of carboxylic acids is 1. The third-order valence-corrected chi connectivity index (χ3v) is 9.26. The van der Waals surface area contributed by atoms with Gasteiger partial charge in [-0.2, -0.15) is 0 Å². The van der Waals surface area contributed by atoms with Crippen molar-refractivity contribution in [3.8, 4) is 11.1 Å². The fraction of sp³-hybridized carbons (Fsp3) is 0.405. The first-order chi connectivity index (χ1) is 21.9. The molecule has 0 saturated carbocycles. The molecule has 1 heterocycles. The van der Waals surface area contributed by atoms with E-state index in [1.54, 1.807) is 12.1 Å². The third kappa shape index (κ3) is 8.44. The Morgan fingerprint density at radius 2 is 1.72 bits per heavy atom. The van der Waals surface area contributed by atoms with Crippen LogP contribution in [0.25, 0.3) is 22.2 Å². The van der Waals surface area contributed by atoms with E-state index in [9.17, 15) is 19.5 Å². The molecule has 0 aliphatic carbocycles. The fourth-order valence-electron chi connectivity index (χ4n) is 5.61. The standard InChI is InChI=1S/C37H46N4O4S/c1-7-10-32-40-34-24(6)18-27(35(42)39-28(17-22(2)3)21-46-37(45)33(38)23(4)5)19-31(34)41(32)20-25-13-15-26(16-14-25)29-11-8-9-12-30(29)36(43)44/h8-9,11-16,18-19,22-23,28,33H,7,10,17,20-21,38H2,1-6H3,(H,39,42)(H,43,44).